The molecular formula is C24H21Cl2N3O2. The Balaban J connectivity index is 1.65. The quantitative estimate of drug-likeness (QED) is 0.366. The second kappa shape index (κ2) is 9.77. The molecule has 5 nitrogen and oxygen atoms in total. The van der Waals surface area contributed by atoms with Crippen molar-refractivity contribution in [1.29, 1.82) is 0 Å². The molecular weight excluding hydrogens is 433 g/mol. The van der Waals surface area contributed by atoms with E-state index in [-0.39, 0.29) is 16.8 Å². The summed E-state index contributed by atoms with van der Waals surface area (Å²) in [5, 5.41) is 7.72. The zero-order valence-electron chi connectivity index (χ0n) is 17.3. The summed E-state index contributed by atoms with van der Waals surface area (Å²) in [6, 6.07) is 17.3. The van der Waals surface area contributed by atoms with Crippen LogP contribution in [0.3, 0.4) is 0 Å². The highest BCUT2D eigenvalue weighted by Gasteiger charge is 2.11. The molecule has 0 aromatic heterocycles. The molecule has 0 saturated heterocycles. The lowest BCUT2D eigenvalue weighted by atomic mass is 10.1. The molecule has 0 atom stereocenters. The van der Waals surface area contributed by atoms with Crippen molar-refractivity contribution in [1.82, 2.24) is 5.43 Å². The van der Waals surface area contributed by atoms with Gasteiger partial charge in [-0.05, 0) is 79.9 Å². The van der Waals surface area contributed by atoms with Crippen molar-refractivity contribution in [2.45, 2.75) is 20.8 Å². The van der Waals surface area contributed by atoms with Crippen LogP contribution in [0.15, 0.2) is 65.8 Å². The predicted octanol–water partition coefficient (Wildman–Crippen LogP) is 6.02. The highest BCUT2D eigenvalue weighted by Crippen LogP contribution is 2.22. The van der Waals surface area contributed by atoms with Crippen molar-refractivity contribution in [3.05, 3.63) is 98.5 Å². The smallest absolute Gasteiger partial charge is 0.271 e. The first-order valence-electron chi connectivity index (χ1n) is 9.53. The van der Waals surface area contributed by atoms with E-state index < -0.39 is 0 Å². The third-order valence-corrected chi connectivity index (χ3v) is 5.38. The number of hydrogen-bond acceptors (Lipinski definition) is 3. The van der Waals surface area contributed by atoms with E-state index in [0.717, 1.165) is 16.7 Å². The van der Waals surface area contributed by atoms with Crippen molar-refractivity contribution in [3.63, 3.8) is 0 Å². The molecule has 2 N–H and O–H groups in total. The summed E-state index contributed by atoms with van der Waals surface area (Å²) in [5.41, 5.74) is 7.69. The number of carbonyl (C=O) groups excluding carboxylic acids is 2. The van der Waals surface area contributed by atoms with Gasteiger partial charge in [0.1, 0.15) is 0 Å². The van der Waals surface area contributed by atoms with E-state index in [2.05, 4.69) is 15.8 Å². The van der Waals surface area contributed by atoms with E-state index in [1.807, 2.05) is 26.0 Å². The molecule has 0 spiro atoms. The highest BCUT2D eigenvalue weighted by molar-refractivity contribution is 6.37. The molecule has 7 heteroatoms. The van der Waals surface area contributed by atoms with Crippen LogP contribution in [-0.4, -0.2) is 17.5 Å². The van der Waals surface area contributed by atoms with Crippen molar-refractivity contribution in [2.24, 2.45) is 5.10 Å². The first-order valence-corrected chi connectivity index (χ1v) is 10.3. The maximum Gasteiger partial charge on any atom is 0.271 e. The van der Waals surface area contributed by atoms with Gasteiger partial charge in [-0.3, -0.25) is 9.59 Å². The van der Waals surface area contributed by atoms with Crippen LogP contribution in [-0.2, 0) is 0 Å². The standard InChI is InChI=1S/C24H21Cl2N3O2/c1-14-4-5-18(12-15(14)2)23(30)29-28-16(3)17-6-9-20(10-7-17)27-24(31)21-11-8-19(25)13-22(21)26/h4-13H,1-3H3,(H,27,31)(H,29,30). The summed E-state index contributed by atoms with van der Waals surface area (Å²) in [7, 11) is 0. The summed E-state index contributed by atoms with van der Waals surface area (Å²) in [6.07, 6.45) is 0. The van der Waals surface area contributed by atoms with Crippen LogP contribution in [0.1, 0.15) is 44.3 Å². The number of amides is 2. The Morgan fingerprint density at radius 2 is 1.48 bits per heavy atom. The van der Waals surface area contributed by atoms with Crippen molar-refractivity contribution >= 4 is 46.4 Å². The fourth-order valence-corrected chi connectivity index (χ4v) is 3.31. The van der Waals surface area contributed by atoms with E-state index in [1.165, 1.54) is 6.07 Å². The summed E-state index contributed by atoms with van der Waals surface area (Å²) < 4.78 is 0. The maximum absolute atomic E-state index is 12.4. The number of hydrogen-bond donors (Lipinski definition) is 2. The average Bonchev–Trinajstić information content (AvgIpc) is 2.74. The molecule has 0 aliphatic heterocycles. The molecule has 31 heavy (non-hydrogen) atoms. The maximum atomic E-state index is 12.4. The van der Waals surface area contributed by atoms with Gasteiger partial charge in [0.15, 0.2) is 0 Å². The Morgan fingerprint density at radius 3 is 2.13 bits per heavy atom. The minimum atomic E-state index is -0.333. The third kappa shape index (κ3) is 5.72. The molecule has 158 valence electrons. The van der Waals surface area contributed by atoms with E-state index in [4.69, 9.17) is 23.2 Å². The molecule has 0 fully saturated rings. The van der Waals surface area contributed by atoms with Crippen LogP contribution >= 0.6 is 23.2 Å². The lowest BCUT2D eigenvalue weighted by Crippen LogP contribution is -2.19. The molecule has 0 heterocycles. The Labute approximate surface area is 191 Å². The number of benzene rings is 3. The van der Waals surface area contributed by atoms with Gasteiger partial charge < -0.3 is 5.32 Å². The second-order valence-electron chi connectivity index (χ2n) is 7.09. The third-order valence-electron chi connectivity index (χ3n) is 4.83. The number of carbonyl (C=O) groups is 2. The monoisotopic (exact) mass is 453 g/mol. The Morgan fingerprint density at radius 1 is 0.806 bits per heavy atom. The van der Waals surface area contributed by atoms with Crippen LogP contribution in [0.2, 0.25) is 10.0 Å². The topological polar surface area (TPSA) is 70.6 Å². The second-order valence-corrected chi connectivity index (χ2v) is 7.94. The molecule has 2 amide bonds. The van der Waals surface area contributed by atoms with Gasteiger partial charge in [-0.25, -0.2) is 5.43 Å². The number of nitrogens with one attached hydrogen (secondary N) is 2. The Kier molecular flexibility index (Phi) is 7.10. The summed E-state index contributed by atoms with van der Waals surface area (Å²) in [4.78, 5) is 24.7. The number of aryl methyl sites for hydroxylation is 2. The van der Waals surface area contributed by atoms with Crippen molar-refractivity contribution in [3.8, 4) is 0 Å². The van der Waals surface area contributed by atoms with E-state index in [1.54, 1.807) is 49.4 Å². The lowest BCUT2D eigenvalue weighted by molar-refractivity contribution is 0.0954. The minimum absolute atomic E-state index is 0.272. The van der Waals surface area contributed by atoms with E-state index in [0.29, 0.717) is 27.5 Å². The van der Waals surface area contributed by atoms with Gasteiger partial charge in [-0.2, -0.15) is 5.10 Å². The average molecular weight is 454 g/mol. The van der Waals surface area contributed by atoms with Crippen LogP contribution in [0.4, 0.5) is 5.69 Å². The summed E-state index contributed by atoms with van der Waals surface area (Å²) in [5.74, 6) is -0.605. The van der Waals surface area contributed by atoms with Crippen LogP contribution in [0.25, 0.3) is 0 Å². The molecule has 0 bridgehead atoms. The number of halogens is 2. The van der Waals surface area contributed by atoms with E-state index >= 15 is 0 Å². The van der Waals surface area contributed by atoms with Gasteiger partial charge in [0.25, 0.3) is 11.8 Å². The molecule has 0 aliphatic carbocycles. The van der Waals surface area contributed by atoms with E-state index in [9.17, 15) is 9.59 Å². The van der Waals surface area contributed by atoms with Crippen molar-refractivity contribution < 1.29 is 9.59 Å². The molecule has 3 aromatic rings. The molecule has 0 saturated carbocycles. The molecule has 3 aromatic carbocycles. The summed E-state index contributed by atoms with van der Waals surface area (Å²) >= 11 is 12.0. The van der Waals surface area contributed by atoms with Gasteiger partial charge >= 0.3 is 0 Å². The van der Waals surface area contributed by atoms with Gasteiger partial charge in [-0.15, -0.1) is 0 Å². The van der Waals surface area contributed by atoms with Crippen LogP contribution in [0, 0.1) is 13.8 Å². The fraction of sp³-hybridized carbons (Fsp3) is 0.125. The minimum Gasteiger partial charge on any atom is -0.322 e. The lowest BCUT2D eigenvalue weighted by Gasteiger charge is -2.08. The van der Waals surface area contributed by atoms with Crippen molar-refractivity contribution in [2.75, 3.05) is 5.32 Å². The summed E-state index contributed by atoms with van der Waals surface area (Å²) in [6.45, 7) is 5.75. The predicted molar refractivity (Wildman–Crippen MR) is 126 cm³/mol. The number of anilines is 1. The first-order chi connectivity index (χ1) is 14.7. The zero-order valence-corrected chi connectivity index (χ0v) is 18.8. The van der Waals surface area contributed by atoms with Crippen LogP contribution in [0.5, 0.6) is 0 Å². The highest BCUT2D eigenvalue weighted by atomic mass is 35.5. The van der Waals surface area contributed by atoms with Gasteiger partial charge in [0.05, 0.1) is 16.3 Å². The van der Waals surface area contributed by atoms with Gasteiger partial charge in [0, 0.05) is 16.3 Å². The Bertz CT molecular complexity index is 1170. The SMILES string of the molecule is CC(=NNC(=O)c1ccc(C)c(C)c1)c1ccc(NC(=O)c2ccc(Cl)cc2Cl)cc1. The fourth-order valence-electron chi connectivity index (χ4n) is 2.81. The normalized spacial score (nSPS) is 11.2. The first kappa shape index (κ1) is 22.5. The molecule has 0 aliphatic rings. The van der Waals surface area contributed by atoms with Gasteiger partial charge in [0.2, 0.25) is 0 Å². The van der Waals surface area contributed by atoms with Gasteiger partial charge in [-0.1, -0.05) is 41.4 Å². The largest absolute Gasteiger partial charge is 0.322 e. The van der Waals surface area contributed by atoms with Crippen LogP contribution < -0.4 is 10.7 Å². The number of nitrogens with zero attached hydrogens (tertiary/aromatic N) is 1. The number of rotatable bonds is 5. The molecule has 3 rings (SSSR count). The number of hydrazone groups is 1. The Hall–Kier alpha value is -3.15. The molecule has 0 unspecified atom stereocenters. The molecule has 0 radical (unpaired) electrons. The zero-order chi connectivity index (χ0) is 22.5.